The van der Waals surface area contributed by atoms with Gasteiger partial charge in [-0.1, -0.05) is 38.1 Å². The fourth-order valence-corrected chi connectivity index (χ4v) is 2.88. The highest BCUT2D eigenvalue weighted by molar-refractivity contribution is 5.24. The number of β-amino-alcohol motifs (C(OH)–C–C–N with tert-alkyl or cyclic N) is 1. The highest BCUT2D eigenvalue weighted by atomic mass is 16.5. The van der Waals surface area contributed by atoms with Crippen molar-refractivity contribution in [2.75, 3.05) is 19.8 Å². The zero-order valence-corrected chi connectivity index (χ0v) is 13.6. The monoisotopic (exact) mass is 291 g/mol. The molecule has 1 saturated heterocycles. The SMILES string of the molecule is CC(C)Cc1ccc(C(O)CNC2(C)CCCOC2)cc1. The normalized spacial score (nSPS) is 24.2. The molecule has 21 heavy (non-hydrogen) atoms. The van der Waals surface area contributed by atoms with Gasteiger partial charge in [0.05, 0.1) is 12.7 Å². The molecule has 1 aliphatic rings. The number of hydrogen-bond acceptors (Lipinski definition) is 3. The zero-order chi connectivity index (χ0) is 15.3. The van der Waals surface area contributed by atoms with E-state index in [0.717, 1.165) is 38.0 Å². The molecule has 0 aromatic heterocycles. The molecule has 1 aliphatic heterocycles. The molecule has 3 heteroatoms. The van der Waals surface area contributed by atoms with Crippen LogP contribution in [0.15, 0.2) is 24.3 Å². The molecule has 0 bridgehead atoms. The molecule has 0 radical (unpaired) electrons. The van der Waals surface area contributed by atoms with E-state index in [-0.39, 0.29) is 5.54 Å². The van der Waals surface area contributed by atoms with Crippen LogP contribution in [-0.2, 0) is 11.2 Å². The van der Waals surface area contributed by atoms with Crippen LogP contribution in [0.5, 0.6) is 0 Å². The number of ether oxygens (including phenoxy) is 1. The average molecular weight is 291 g/mol. The lowest BCUT2D eigenvalue weighted by Gasteiger charge is -2.35. The topological polar surface area (TPSA) is 41.5 Å². The Morgan fingerprint density at radius 1 is 1.29 bits per heavy atom. The van der Waals surface area contributed by atoms with Gasteiger partial charge in [-0.05, 0) is 43.2 Å². The first-order valence-corrected chi connectivity index (χ1v) is 8.08. The van der Waals surface area contributed by atoms with E-state index < -0.39 is 6.10 Å². The van der Waals surface area contributed by atoms with E-state index in [2.05, 4.69) is 38.2 Å². The van der Waals surface area contributed by atoms with Gasteiger partial charge in [0.2, 0.25) is 0 Å². The number of aliphatic hydroxyl groups is 1. The van der Waals surface area contributed by atoms with E-state index in [0.29, 0.717) is 12.5 Å². The maximum atomic E-state index is 10.3. The molecule has 1 aromatic carbocycles. The van der Waals surface area contributed by atoms with Crippen molar-refractivity contribution in [3.8, 4) is 0 Å². The van der Waals surface area contributed by atoms with E-state index in [4.69, 9.17) is 4.74 Å². The van der Waals surface area contributed by atoms with Gasteiger partial charge in [-0.2, -0.15) is 0 Å². The Morgan fingerprint density at radius 3 is 2.57 bits per heavy atom. The molecule has 1 aromatic rings. The second kappa shape index (κ2) is 7.39. The van der Waals surface area contributed by atoms with Gasteiger partial charge in [-0.3, -0.25) is 0 Å². The van der Waals surface area contributed by atoms with Crippen LogP contribution in [-0.4, -0.2) is 30.4 Å². The second-order valence-electron chi connectivity index (χ2n) is 6.95. The summed E-state index contributed by atoms with van der Waals surface area (Å²) in [7, 11) is 0. The molecular formula is C18H29NO2. The van der Waals surface area contributed by atoms with E-state index in [1.165, 1.54) is 5.56 Å². The van der Waals surface area contributed by atoms with Crippen molar-refractivity contribution in [2.24, 2.45) is 5.92 Å². The Kier molecular flexibility index (Phi) is 5.80. The summed E-state index contributed by atoms with van der Waals surface area (Å²) in [6, 6.07) is 8.35. The van der Waals surface area contributed by atoms with Crippen LogP contribution in [0.1, 0.15) is 50.8 Å². The Labute approximate surface area is 128 Å². The number of hydrogen-bond donors (Lipinski definition) is 2. The summed E-state index contributed by atoms with van der Waals surface area (Å²) in [5.74, 6) is 0.661. The van der Waals surface area contributed by atoms with Crippen molar-refractivity contribution in [1.82, 2.24) is 5.32 Å². The summed E-state index contributed by atoms with van der Waals surface area (Å²) < 4.78 is 5.53. The van der Waals surface area contributed by atoms with Crippen molar-refractivity contribution in [2.45, 2.75) is 51.7 Å². The third-order valence-electron chi connectivity index (χ3n) is 4.17. The van der Waals surface area contributed by atoms with E-state index in [9.17, 15) is 5.11 Å². The third kappa shape index (κ3) is 5.10. The minimum absolute atomic E-state index is 0.00316. The first-order valence-electron chi connectivity index (χ1n) is 8.08. The Hall–Kier alpha value is -0.900. The van der Waals surface area contributed by atoms with Crippen molar-refractivity contribution < 1.29 is 9.84 Å². The molecule has 1 heterocycles. The fourth-order valence-electron chi connectivity index (χ4n) is 2.88. The maximum absolute atomic E-state index is 10.3. The van der Waals surface area contributed by atoms with Crippen LogP contribution in [0.25, 0.3) is 0 Å². The van der Waals surface area contributed by atoms with Crippen LogP contribution in [0.4, 0.5) is 0 Å². The van der Waals surface area contributed by atoms with Gasteiger partial charge in [-0.15, -0.1) is 0 Å². The van der Waals surface area contributed by atoms with Crippen molar-refractivity contribution >= 4 is 0 Å². The third-order valence-corrected chi connectivity index (χ3v) is 4.17. The quantitative estimate of drug-likeness (QED) is 0.846. The van der Waals surface area contributed by atoms with Crippen LogP contribution in [0.3, 0.4) is 0 Å². The molecular weight excluding hydrogens is 262 g/mol. The largest absolute Gasteiger partial charge is 0.387 e. The molecule has 2 atom stereocenters. The molecule has 1 fully saturated rings. The van der Waals surface area contributed by atoms with Crippen LogP contribution in [0, 0.1) is 5.92 Å². The lowest BCUT2D eigenvalue weighted by atomic mass is 9.94. The Morgan fingerprint density at radius 2 is 2.00 bits per heavy atom. The minimum Gasteiger partial charge on any atom is -0.387 e. The molecule has 118 valence electrons. The van der Waals surface area contributed by atoms with Gasteiger partial charge in [0, 0.05) is 18.7 Å². The molecule has 0 saturated carbocycles. The van der Waals surface area contributed by atoms with Crippen molar-refractivity contribution in [3.63, 3.8) is 0 Å². The molecule has 2 rings (SSSR count). The van der Waals surface area contributed by atoms with Gasteiger partial charge in [0.1, 0.15) is 0 Å². The lowest BCUT2D eigenvalue weighted by Crippen LogP contribution is -2.50. The van der Waals surface area contributed by atoms with Crippen LogP contribution >= 0.6 is 0 Å². The van der Waals surface area contributed by atoms with Crippen LogP contribution < -0.4 is 5.32 Å². The first kappa shape index (κ1) is 16.5. The Bertz CT molecular complexity index is 421. The Balaban J connectivity index is 1.86. The van der Waals surface area contributed by atoms with Gasteiger partial charge in [-0.25, -0.2) is 0 Å². The summed E-state index contributed by atoms with van der Waals surface area (Å²) in [6.45, 7) is 8.78. The van der Waals surface area contributed by atoms with Gasteiger partial charge in [0.25, 0.3) is 0 Å². The van der Waals surface area contributed by atoms with Gasteiger partial charge < -0.3 is 15.2 Å². The summed E-state index contributed by atoms with van der Waals surface area (Å²) >= 11 is 0. The number of benzene rings is 1. The standard InChI is InChI=1S/C18H29NO2/c1-14(2)11-15-5-7-16(8-6-15)17(20)12-19-18(3)9-4-10-21-13-18/h5-8,14,17,19-20H,4,9-13H2,1-3H3. The summed E-state index contributed by atoms with van der Waals surface area (Å²) in [5, 5.41) is 13.8. The molecule has 0 spiro atoms. The average Bonchev–Trinajstić information content (AvgIpc) is 2.46. The van der Waals surface area contributed by atoms with Gasteiger partial charge in [0.15, 0.2) is 0 Å². The smallest absolute Gasteiger partial charge is 0.0914 e. The summed E-state index contributed by atoms with van der Waals surface area (Å²) in [4.78, 5) is 0. The lowest BCUT2D eigenvalue weighted by molar-refractivity contribution is 0.0221. The highest BCUT2D eigenvalue weighted by Crippen LogP contribution is 2.20. The minimum atomic E-state index is -0.461. The molecule has 0 amide bonds. The molecule has 3 nitrogen and oxygen atoms in total. The summed E-state index contributed by atoms with van der Waals surface area (Å²) in [6.07, 6.45) is 2.82. The number of aliphatic hydroxyl groups excluding tert-OH is 1. The predicted octanol–water partition coefficient (Wildman–Crippen LogP) is 3.08. The molecule has 0 aliphatic carbocycles. The van der Waals surface area contributed by atoms with Crippen LogP contribution in [0.2, 0.25) is 0 Å². The first-order chi connectivity index (χ1) is 9.98. The van der Waals surface area contributed by atoms with Crippen molar-refractivity contribution in [3.05, 3.63) is 35.4 Å². The number of nitrogens with one attached hydrogen (secondary N) is 1. The predicted molar refractivity (Wildman–Crippen MR) is 86.4 cm³/mol. The second-order valence-corrected chi connectivity index (χ2v) is 6.95. The highest BCUT2D eigenvalue weighted by Gasteiger charge is 2.27. The van der Waals surface area contributed by atoms with Crippen molar-refractivity contribution in [1.29, 1.82) is 0 Å². The van der Waals surface area contributed by atoms with Gasteiger partial charge >= 0.3 is 0 Å². The maximum Gasteiger partial charge on any atom is 0.0914 e. The molecule has 2 unspecified atom stereocenters. The molecule has 2 N–H and O–H groups in total. The summed E-state index contributed by atoms with van der Waals surface area (Å²) in [5.41, 5.74) is 2.31. The van der Waals surface area contributed by atoms with E-state index >= 15 is 0 Å². The number of rotatable bonds is 6. The zero-order valence-electron chi connectivity index (χ0n) is 13.6. The van der Waals surface area contributed by atoms with E-state index in [1.54, 1.807) is 0 Å². The fraction of sp³-hybridized carbons (Fsp3) is 0.667. The van der Waals surface area contributed by atoms with E-state index in [1.807, 2.05) is 12.1 Å².